The highest BCUT2D eigenvalue weighted by Crippen LogP contribution is 2.46. The molecule has 29 heavy (non-hydrogen) atoms. The summed E-state index contributed by atoms with van der Waals surface area (Å²) in [6, 6.07) is 16.1. The van der Waals surface area contributed by atoms with Crippen molar-refractivity contribution >= 4 is 23.5 Å². The number of benzene rings is 2. The molecule has 1 aliphatic heterocycles. The van der Waals surface area contributed by atoms with Crippen LogP contribution in [0.5, 0.6) is 0 Å². The van der Waals surface area contributed by atoms with E-state index < -0.39 is 5.82 Å². The SMILES string of the molecule is CC1(C)CC(=O)C2=C(C1)N(c1ccccc1F)C(=O)CC2/C=C/c1ccccc1. The van der Waals surface area contributed by atoms with Crippen LogP contribution in [-0.2, 0) is 9.59 Å². The molecule has 0 saturated carbocycles. The number of para-hydroxylation sites is 1. The minimum atomic E-state index is -0.457. The quantitative estimate of drug-likeness (QED) is 0.692. The molecule has 4 heteroatoms. The van der Waals surface area contributed by atoms with E-state index in [-0.39, 0.29) is 35.1 Å². The Hall–Kier alpha value is -3.01. The first-order chi connectivity index (χ1) is 13.9. The van der Waals surface area contributed by atoms with Gasteiger partial charge in [-0.1, -0.05) is 68.5 Å². The van der Waals surface area contributed by atoms with Gasteiger partial charge in [0.05, 0.1) is 5.69 Å². The number of anilines is 1. The van der Waals surface area contributed by atoms with E-state index in [0.29, 0.717) is 24.1 Å². The van der Waals surface area contributed by atoms with Gasteiger partial charge in [0.15, 0.2) is 5.78 Å². The molecule has 0 fully saturated rings. The van der Waals surface area contributed by atoms with E-state index in [1.165, 1.54) is 11.0 Å². The Morgan fingerprint density at radius 2 is 1.69 bits per heavy atom. The van der Waals surface area contributed by atoms with Crippen LogP contribution in [-0.4, -0.2) is 11.7 Å². The second-order valence-corrected chi connectivity index (χ2v) is 8.56. The lowest BCUT2D eigenvalue weighted by Crippen LogP contribution is -2.44. The van der Waals surface area contributed by atoms with Crippen LogP contribution in [0.25, 0.3) is 6.08 Å². The number of carbonyl (C=O) groups excluding carboxylic acids is 2. The van der Waals surface area contributed by atoms with Gasteiger partial charge in [-0.15, -0.1) is 0 Å². The summed E-state index contributed by atoms with van der Waals surface area (Å²) in [5, 5.41) is 0. The van der Waals surface area contributed by atoms with Crippen molar-refractivity contribution in [3.8, 4) is 0 Å². The van der Waals surface area contributed by atoms with Crippen molar-refractivity contribution in [2.24, 2.45) is 11.3 Å². The fourth-order valence-corrected chi connectivity index (χ4v) is 4.32. The summed E-state index contributed by atoms with van der Waals surface area (Å²) in [5.74, 6) is -0.874. The zero-order chi connectivity index (χ0) is 20.6. The molecule has 1 unspecified atom stereocenters. The maximum absolute atomic E-state index is 14.5. The molecular weight excluding hydrogens is 365 g/mol. The maximum Gasteiger partial charge on any atom is 0.232 e. The molecular formula is C25H24FNO2. The van der Waals surface area contributed by atoms with Gasteiger partial charge in [-0.05, 0) is 29.5 Å². The third kappa shape index (κ3) is 3.80. The summed E-state index contributed by atoms with van der Waals surface area (Å²) < 4.78 is 14.5. The zero-order valence-electron chi connectivity index (χ0n) is 16.7. The van der Waals surface area contributed by atoms with Crippen LogP contribution >= 0.6 is 0 Å². The number of carbonyl (C=O) groups is 2. The van der Waals surface area contributed by atoms with Crippen LogP contribution in [0.2, 0.25) is 0 Å². The summed E-state index contributed by atoms with van der Waals surface area (Å²) in [6.45, 7) is 4.03. The molecule has 1 atom stereocenters. The Balaban J connectivity index is 1.82. The molecule has 3 nitrogen and oxygen atoms in total. The van der Waals surface area contributed by atoms with E-state index in [1.54, 1.807) is 18.2 Å². The van der Waals surface area contributed by atoms with E-state index >= 15 is 0 Å². The minimum absolute atomic E-state index is 0.0489. The molecule has 0 aromatic heterocycles. The number of nitrogens with zero attached hydrogens (tertiary/aromatic N) is 1. The predicted molar refractivity (Wildman–Crippen MR) is 113 cm³/mol. The fraction of sp³-hybridized carbons (Fsp3) is 0.280. The van der Waals surface area contributed by atoms with Gasteiger partial charge in [-0.2, -0.15) is 0 Å². The average molecular weight is 389 g/mol. The number of Topliss-reactive ketones (excluding diaryl/α,β-unsaturated/α-hetero) is 1. The molecule has 148 valence electrons. The summed E-state index contributed by atoms with van der Waals surface area (Å²) in [5.41, 5.74) is 2.27. The number of hydrogen-bond acceptors (Lipinski definition) is 2. The lowest BCUT2D eigenvalue weighted by atomic mass is 9.70. The van der Waals surface area contributed by atoms with Gasteiger partial charge >= 0.3 is 0 Å². The fourth-order valence-electron chi connectivity index (χ4n) is 4.32. The Bertz CT molecular complexity index is 1020. The first kappa shape index (κ1) is 19.3. The number of hydrogen-bond donors (Lipinski definition) is 0. The van der Waals surface area contributed by atoms with Crippen LogP contribution in [0.15, 0.2) is 71.9 Å². The third-order valence-electron chi connectivity index (χ3n) is 5.59. The molecule has 2 aromatic carbocycles. The first-order valence-electron chi connectivity index (χ1n) is 9.93. The molecule has 0 radical (unpaired) electrons. The lowest BCUT2D eigenvalue weighted by molar-refractivity contribution is -0.121. The van der Waals surface area contributed by atoms with E-state index in [4.69, 9.17) is 0 Å². The number of halogens is 1. The van der Waals surface area contributed by atoms with Gasteiger partial charge in [0.25, 0.3) is 0 Å². The Labute approximate surface area is 170 Å². The minimum Gasteiger partial charge on any atom is -0.294 e. The normalized spacial score (nSPS) is 21.6. The smallest absolute Gasteiger partial charge is 0.232 e. The van der Waals surface area contributed by atoms with E-state index in [9.17, 15) is 14.0 Å². The summed E-state index contributed by atoms with van der Waals surface area (Å²) in [7, 11) is 0. The van der Waals surface area contributed by atoms with E-state index in [0.717, 1.165) is 5.56 Å². The molecule has 2 aliphatic rings. The van der Waals surface area contributed by atoms with Crippen molar-refractivity contribution in [1.82, 2.24) is 0 Å². The highest BCUT2D eigenvalue weighted by molar-refractivity contribution is 6.07. The first-order valence-corrected chi connectivity index (χ1v) is 9.93. The van der Waals surface area contributed by atoms with Crippen LogP contribution in [0.3, 0.4) is 0 Å². The van der Waals surface area contributed by atoms with Gasteiger partial charge in [-0.25, -0.2) is 4.39 Å². The highest BCUT2D eigenvalue weighted by Gasteiger charge is 2.43. The van der Waals surface area contributed by atoms with Crippen molar-refractivity contribution in [2.45, 2.75) is 33.1 Å². The van der Waals surface area contributed by atoms with Crippen LogP contribution in [0, 0.1) is 17.2 Å². The van der Waals surface area contributed by atoms with E-state index in [2.05, 4.69) is 0 Å². The molecule has 1 amide bonds. The maximum atomic E-state index is 14.5. The van der Waals surface area contributed by atoms with Crippen molar-refractivity contribution in [3.05, 3.63) is 83.3 Å². The molecule has 0 N–H and O–H groups in total. The number of allylic oxidation sites excluding steroid dienone is 3. The predicted octanol–water partition coefficient (Wildman–Crippen LogP) is 5.54. The summed E-state index contributed by atoms with van der Waals surface area (Å²) in [6.07, 6.45) is 5.04. The van der Waals surface area contributed by atoms with Crippen LogP contribution in [0.4, 0.5) is 10.1 Å². The monoisotopic (exact) mass is 389 g/mol. The Morgan fingerprint density at radius 1 is 1.00 bits per heavy atom. The van der Waals surface area contributed by atoms with Crippen molar-refractivity contribution in [1.29, 1.82) is 0 Å². The largest absolute Gasteiger partial charge is 0.294 e. The van der Waals surface area contributed by atoms with E-state index in [1.807, 2.05) is 56.3 Å². The molecule has 0 bridgehead atoms. The number of ketones is 1. The summed E-state index contributed by atoms with van der Waals surface area (Å²) >= 11 is 0. The second-order valence-electron chi connectivity index (χ2n) is 8.56. The van der Waals surface area contributed by atoms with Crippen molar-refractivity contribution in [2.75, 3.05) is 4.90 Å². The number of amides is 1. The van der Waals surface area contributed by atoms with Crippen LogP contribution < -0.4 is 4.90 Å². The third-order valence-corrected chi connectivity index (χ3v) is 5.59. The van der Waals surface area contributed by atoms with Gasteiger partial charge in [0, 0.05) is 30.0 Å². The average Bonchev–Trinajstić information content (AvgIpc) is 2.67. The molecule has 0 saturated heterocycles. The Morgan fingerprint density at radius 3 is 2.41 bits per heavy atom. The molecule has 0 spiro atoms. The standard InChI is InChI=1S/C25H24FNO2/c1-25(2)15-21-24(22(28)16-25)18(13-12-17-8-4-3-5-9-17)14-23(29)27(21)20-11-7-6-10-19(20)26/h3-13,18H,14-16H2,1-2H3/b13-12+. The molecule has 1 aliphatic carbocycles. The summed E-state index contributed by atoms with van der Waals surface area (Å²) in [4.78, 5) is 27.7. The number of rotatable bonds is 3. The van der Waals surface area contributed by atoms with Gasteiger partial charge in [0.2, 0.25) is 5.91 Å². The molecule has 1 heterocycles. The van der Waals surface area contributed by atoms with Gasteiger partial charge in [-0.3, -0.25) is 14.5 Å². The van der Waals surface area contributed by atoms with Crippen molar-refractivity contribution in [3.63, 3.8) is 0 Å². The highest BCUT2D eigenvalue weighted by atomic mass is 19.1. The molecule has 2 aromatic rings. The van der Waals surface area contributed by atoms with Gasteiger partial charge in [0.1, 0.15) is 5.82 Å². The van der Waals surface area contributed by atoms with Crippen molar-refractivity contribution < 1.29 is 14.0 Å². The second kappa shape index (κ2) is 7.43. The zero-order valence-corrected chi connectivity index (χ0v) is 16.7. The lowest BCUT2D eigenvalue weighted by Gasteiger charge is -2.42. The topological polar surface area (TPSA) is 37.4 Å². The molecule has 4 rings (SSSR count). The van der Waals surface area contributed by atoms with Gasteiger partial charge < -0.3 is 0 Å². The van der Waals surface area contributed by atoms with Crippen LogP contribution in [0.1, 0.15) is 38.7 Å². The Kier molecular flexibility index (Phi) is 4.95.